The minimum absolute atomic E-state index is 0.421. The van der Waals surface area contributed by atoms with Gasteiger partial charge < -0.3 is 4.90 Å². The van der Waals surface area contributed by atoms with Crippen LogP contribution >= 0.6 is 0 Å². The van der Waals surface area contributed by atoms with Gasteiger partial charge in [-0.25, -0.2) is 8.42 Å². The number of nitrogens with zero attached hydrogens (tertiary/aromatic N) is 2. The number of sulfonamides is 1. The van der Waals surface area contributed by atoms with E-state index in [1.165, 1.54) is 38.8 Å². The Balaban J connectivity index is 1.46. The highest BCUT2D eigenvalue weighted by molar-refractivity contribution is 7.89. The third-order valence-corrected chi connectivity index (χ3v) is 7.83. The molecule has 0 N–H and O–H groups in total. The van der Waals surface area contributed by atoms with E-state index in [4.69, 9.17) is 0 Å². The van der Waals surface area contributed by atoms with Gasteiger partial charge in [-0.15, -0.1) is 0 Å². The molecule has 2 aliphatic heterocycles. The lowest BCUT2D eigenvalue weighted by molar-refractivity contribution is 0.144. The fourth-order valence-electron chi connectivity index (χ4n) is 4.38. The fraction of sp³-hybridized carbons (Fsp3) is 0.524. The van der Waals surface area contributed by atoms with E-state index >= 15 is 0 Å². The summed E-state index contributed by atoms with van der Waals surface area (Å²) in [6, 6.07) is 13.9. The van der Waals surface area contributed by atoms with Crippen LogP contribution in [-0.4, -0.2) is 49.8 Å². The number of rotatable bonds is 3. The zero-order chi connectivity index (χ0) is 18.0. The van der Waals surface area contributed by atoms with Gasteiger partial charge in [0.15, 0.2) is 0 Å². The molecule has 0 bridgehead atoms. The Labute approximate surface area is 156 Å². The highest BCUT2D eigenvalue weighted by Crippen LogP contribution is 2.26. The number of hydrogen-bond acceptors (Lipinski definition) is 3. The standard InChI is InChI=1S/C21H28N2O2S/c24-26(25,21-10-9-18-7-3-4-8-19(18)17-21)23-15-11-20(12-16-23)22-13-5-1-2-6-14-22/h3-4,7-10,17,20H,1-2,5-6,11-16H2. The molecule has 0 amide bonds. The van der Waals surface area contributed by atoms with Crippen LogP contribution in [-0.2, 0) is 10.0 Å². The second kappa shape index (κ2) is 7.67. The number of fused-ring (bicyclic) bond motifs is 1. The molecule has 2 aromatic rings. The van der Waals surface area contributed by atoms with Crippen LogP contribution in [0.25, 0.3) is 10.8 Å². The molecule has 4 nitrogen and oxygen atoms in total. The van der Waals surface area contributed by atoms with Gasteiger partial charge in [0, 0.05) is 19.1 Å². The molecule has 0 atom stereocenters. The SMILES string of the molecule is O=S(=O)(c1ccc2ccccc2c1)N1CCC(N2CCCCCC2)CC1. The predicted octanol–water partition coefficient (Wildman–Crippen LogP) is 3.87. The van der Waals surface area contributed by atoms with Crippen molar-refractivity contribution in [2.45, 2.75) is 49.5 Å². The van der Waals surface area contributed by atoms with Crippen molar-refractivity contribution in [2.75, 3.05) is 26.2 Å². The van der Waals surface area contributed by atoms with Gasteiger partial charge in [0.05, 0.1) is 4.90 Å². The molecule has 0 saturated carbocycles. The van der Waals surface area contributed by atoms with Crippen molar-refractivity contribution in [1.82, 2.24) is 9.21 Å². The van der Waals surface area contributed by atoms with Gasteiger partial charge in [-0.2, -0.15) is 4.31 Å². The summed E-state index contributed by atoms with van der Waals surface area (Å²) < 4.78 is 27.8. The summed E-state index contributed by atoms with van der Waals surface area (Å²) in [7, 11) is -3.40. The Morgan fingerprint density at radius 3 is 2.12 bits per heavy atom. The van der Waals surface area contributed by atoms with Crippen LogP contribution in [0.3, 0.4) is 0 Å². The highest BCUT2D eigenvalue weighted by Gasteiger charge is 2.31. The molecule has 2 saturated heterocycles. The summed E-state index contributed by atoms with van der Waals surface area (Å²) in [5.74, 6) is 0. The number of piperidine rings is 1. The van der Waals surface area contributed by atoms with Crippen LogP contribution in [0.4, 0.5) is 0 Å². The second-order valence-corrected chi connectivity index (χ2v) is 9.53. The first-order valence-electron chi connectivity index (χ1n) is 9.88. The summed E-state index contributed by atoms with van der Waals surface area (Å²) in [6.07, 6.45) is 7.15. The van der Waals surface area contributed by atoms with Crippen LogP contribution in [0, 0.1) is 0 Å². The van der Waals surface area contributed by atoms with Gasteiger partial charge >= 0.3 is 0 Å². The van der Waals surface area contributed by atoms with Crippen LogP contribution in [0.1, 0.15) is 38.5 Å². The molecule has 0 radical (unpaired) electrons. The van der Waals surface area contributed by atoms with Gasteiger partial charge in [0.1, 0.15) is 0 Å². The molecule has 5 heteroatoms. The van der Waals surface area contributed by atoms with E-state index in [0.29, 0.717) is 24.0 Å². The van der Waals surface area contributed by atoms with Gasteiger partial charge in [-0.05, 0) is 61.7 Å². The largest absolute Gasteiger partial charge is 0.300 e. The first-order valence-corrected chi connectivity index (χ1v) is 11.3. The Morgan fingerprint density at radius 1 is 0.769 bits per heavy atom. The highest BCUT2D eigenvalue weighted by atomic mass is 32.2. The minimum atomic E-state index is -3.40. The second-order valence-electron chi connectivity index (χ2n) is 7.59. The average molecular weight is 373 g/mol. The van der Waals surface area contributed by atoms with E-state index < -0.39 is 10.0 Å². The fourth-order valence-corrected chi connectivity index (χ4v) is 5.89. The number of likely N-dealkylation sites (tertiary alicyclic amines) is 1. The Bertz CT molecular complexity index is 849. The molecule has 0 aromatic heterocycles. The lowest BCUT2D eigenvalue weighted by Gasteiger charge is -2.37. The minimum Gasteiger partial charge on any atom is -0.300 e. The van der Waals surface area contributed by atoms with E-state index in [1.54, 1.807) is 10.4 Å². The van der Waals surface area contributed by atoms with Crippen molar-refractivity contribution in [3.8, 4) is 0 Å². The van der Waals surface area contributed by atoms with Gasteiger partial charge in [-0.1, -0.05) is 43.2 Å². The molecule has 2 heterocycles. The predicted molar refractivity (Wildman–Crippen MR) is 106 cm³/mol. The van der Waals surface area contributed by atoms with Gasteiger partial charge in [0.2, 0.25) is 10.0 Å². The Morgan fingerprint density at radius 2 is 1.42 bits per heavy atom. The van der Waals surface area contributed by atoms with Crippen molar-refractivity contribution in [1.29, 1.82) is 0 Å². The van der Waals surface area contributed by atoms with Crippen molar-refractivity contribution in [3.05, 3.63) is 42.5 Å². The summed E-state index contributed by atoms with van der Waals surface area (Å²) in [4.78, 5) is 3.02. The molecule has 0 aliphatic carbocycles. The first-order chi connectivity index (χ1) is 12.6. The van der Waals surface area contributed by atoms with Crippen LogP contribution in [0.2, 0.25) is 0 Å². The summed E-state index contributed by atoms with van der Waals surface area (Å²) in [6.45, 7) is 3.64. The summed E-state index contributed by atoms with van der Waals surface area (Å²) in [5.41, 5.74) is 0. The van der Waals surface area contributed by atoms with Crippen molar-refractivity contribution < 1.29 is 8.42 Å². The van der Waals surface area contributed by atoms with Gasteiger partial charge in [0.25, 0.3) is 0 Å². The molecule has 2 fully saturated rings. The molecular weight excluding hydrogens is 344 g/mol. The molecule has 140 valence electrons. The Hall–Kier alpha value is -1.43. The number of hydrogen-bond donors (Lipinski definition) is 0. The maximum atomic E-state index is 13.1. The first kappa shape index (κ1) is 18.0. The lowest BCUT2D eigenvalue weighted by atomic mass is 10.0. The summed E-state index contributed by atoms with van der Waals surface area (Å²) in [5, 5.41) is 2.05. The normalized spacial score (nSPS) is 21.7. The van der Waals surface area contributed by atoms with Crippen LogP contribution in [0.15, 0.2) is 47.4 Å². The molecule has 0 unspecified atom stereocenters. The molecule has 4 rings (SSSR count). The zero-order valence-electron chi connectivity index (χ0n) is 15.3. The van der Waals surface area contributed by atoms with Crippen LogP contribution < -0.4 is 0 Å². The zero-order valence-corrected chi connectivity index (χ0v) is 16.1. The number of benzene rings is 2. The van der Waals surface area contributed by atoms with Crippen molar-refractivity contribution in [3.63, 3.8) is 0 Å². The molecule has 0 spiro atoms. The van der Waals surface area contributed by atoms with E-state index in [2.05, 4.69) is 4.90 Å². The topological polar surface area (TPSA) is 40.6 Å². The molecular formula is C21H28N2O2S. The quantitative estimate of drug-likeness (QED) is 0.821. The van der Waals surface area contributed by atoms with E-state index in [1.807, 2.05) is 36.4 Å². The Kier molecular flexibility index (Phi) is 5.30. The lowest BCUT2D eigenvalue weighted by Crippen LogP contribution is -2.46. The average Bonchev–Trinajstić information content (AvgIpc) is 2.97. The smallest absolute Gasteiger partial charge is 0.243 e. The maximum absolute atomic E-state index is 13.1. The third-order valence-electron chi connectivity index (χ3n) is 5.94. The molecule has 26 heavy (non-hydrogen) atoms. The third kappa shape index (κ3) is 3.66. The van der Waals surface area contributed by atoms with E-state index in [0.717, 1.165) is 23.6 Å². The molecule has 2 aromatic carbocycles. The van der Waals surface area contributed by atoms with Crippen molar-refractivity contribution in [2.24, 2.45) is 0 Å². The summed E-state index contributed by atoms with van der Waals surface area (Å²) >= 11 is 0. The van der Waals surface area contributed by atoms with Crippen molar-refractivity contribution >= 4 is 20.8 Å². The van der Waals surface area contributed by atoms with Gasteiger partial charge in [-0.3, -0.25) is 0 Å². The van der Waals surface area contributed by atoms with E-state index in [9.17, 15) is 8.42 Å². The monoisotopic (exact) mass is 372 g/mol. The van der Waals surface area contributed by atoms with Crippen LogP contribution in [0.5, 0.6) is 0 Å². The maximum Gasteiger partial charge on any atom is 0.243 e. The van der Waals surface area contributed by atoms with E-state index in [-0.39, 0.29) is 0 Å². The molecule has 2 aliphatic rings.